The van der Waals surface area contributed by atoms with Crippen LogP contribution in [0.1, 0.15) is 26.7 Å². The molecule has 0 radical (unpaired) electrons. The Balaban J connectivity index is 2.31. The Labute approximate surface area is 83.8 Å². The molecule has 1 fully saturated rings. The van der Waals surface area contributed by atoms with Gasteiger partial charge in [-0.25, -0.2) is 0 Å². The molecule has 0 aromatic carbocycles. The second kappa shape index (κ2) is 4.82. The average Bonchev–Trinajstić information content (AvgIpc) is 2.55. The van der Waals surface area contributed by atoms with Crippen LogP contribution in [0.2, 0.25) is 0 Å². The Hall–Kier alpha value is -0.280. The van der Waals surface area contributed by atoms with Gasteiger partial charge in [-0.3, -0.25) is 4.79 Å². The lowest BCUT2D eigenvalue weighted by Gasteiger charge is -2.20. The number of ether oxygens (including phenoxy) is 1. The normalized spacial score (nSPS) is 26.8. The predicted octanol–water partition coefficient (Wildman–Crippen LogP) is 1.30. The van der Waals surface area contributed by atoms with Crippen LogP contribution in [-0.4, -0.2) is 30.0 Å². The van der Waals surface area contributed by atoms with Crippen LogP contribution in [0.15, 0.2) is 0 Å². The van der Waals surface area contributed by atoms with Gasteiger partial charge in [-0.15, -0.1) is 11.6 Å². The molecule has 3 atom stereocenters. The number of amides is 1. The summed E-state index contributed by atoms with van der Waals surface area (Å²) in [5.74, 6) is -0.121. The lowest BCUT2D eigenvalue weighted by atomic mass is 10.1. The summed E-state index contributed by atoms with van der Waals surface area (Å²) in [7, 11) is 0. The molecule has 0 aromatic heterocycles. The summed E-state index contributed by atoms with van der Waals surface area (Å²) in [5, 5.41) is 2.36. The van der Waals surface area contributed by atoms with E-state index in [-0.39, 0.29) is 18.1 Å². The lowest BCUT2D eigenvalue weighted by Crippen LogP contribution is -2.43. The number of rotatable bonds is 3. The Kier molecular flexibility index (Phi) is 4.00. The molecule has 0 spiro atoms. The van der Waals surface area contributed by atoms with Crippen molar-refractivity contribution in [1.29, 1.82) is 0 Å². The van der Waals surface area contributed by atoms with Crippen molar-refractivity contribution in [1.82, 2.24) is 5.32 Å². The number of carbonyl (C=O) groups excluding carboxylic acids is 1. The fourth-order valence-corrected chi connectivity index (χ4v) is 1.49. The van der Waals surface area contributed by atoms with E-state index in [1.54, 1.807) is 6.92 Å². The Morgan fingerprint density at radius 1 is 1.62 bits per heavy atom. The van der Waals surface area contributed by atoms with E-state index in [4.69, 9.17) is 16.3 Å². The first-order valence-electron chi connectivity index (χ1n) is 4.67. The molecule has 4 heteroatoms. The smallest absolute Gasteiger partial charge is 0.238 e. The molecule has 1 saturated heterocycles. The van der Waals surface area contributed by atoms with Crippen molar-refractivity contribution < 1.29 is 9.53 Å². The van der Waals surface area contributed by atoms with Crippen LogP contribution in [0.4, 0.5) is 0 Å². The summed E-state index contributed by atoms with van der Waals surface area (Å²) in [6.45, 7) is 4.42. The van der Waals surface area contributed by atoms with Gasteiger partial charge in [-0.1, -0.05) is 0 Å². The first-order chi connectivity index (χ1) is 6.11. The van der Waals surface area contributed by atoms with Crippen molar-refractivity contribution in [2.75, 3.05) is 6.61 Å². The molecule has 1 heterocycles. The van der Waals surface area contributed by atoms with Gasteiger partial charge in [-0.05, 0) is 26.7 Å². The first-order valence-corrected chi connectivity index (χ1v) is 5.11. The van der Waals surface area contributed by atoms with Crippen molar-refractivity contribution >= 4 is 17.5 Å². The minimum absolute atomic E-state index is 0.0659. The van der Waals surface area contributed by atoms with E-state index in [2.05, 4.69) is 5.32 Å². The molecule has 1 aliphatic rings. The van der Waals surface area contributed by atoms with E-state index in [1.807, 2.05) is 6.92 Å². The zero-order valence-corrected chi connectivity index (χ0v) is 8.80. The van der Waals surface area contributed by atoms with Crippen molar-refractivity contribution in [3.8, 4) is 0 Å². The summed E-state index contributed by atoms with van der Waals surface area (Å²) in [4.78, 5) is 11.2. The van der Waals surface area contributed by atoms with Crippen molar-refractivity contribution in [2.45, 2.75) is 44.2 Å². The van der Waals surface area contributed by atoms with Gasteiger partial charge in [0.2, 0.25) is 5.91 Å². The zero-order chi connectivity index (χ0) is 9.84. The number of halogens is 1. The SMILES string of the molecule is CC(Cl)C(=O)NC(C)C1CCCO1. The maximum Gasteiger partial charge on any atom is 0.238 e. The van der Waals surface area contributed by atoms with Gasteiger partial charge in [0.05, 0.1) is 12.1 Å². The van der Waals surface area contributed by atoms with Gasteiger partial charge in [0.1, 0.15) is 5.38 Å². The minimum Gasteiger partial charge on any atom is -0.376 e. The highest BCUT2D eigenvalue weighted by Crippen LogP contribution is 2.15. The van der Waals surface area contributed by atoms with Gasteiger partial charge in [0, 0.05) is 6.61 Å². The third-order valence-electron chi connectivity index (χ3n) is 2.25. The fraction of sp³-hybridized carbons (Fsp3) is 0.889. The monoisotopic (exact) mass is 205 g/mol. The number of hydrogen-bond acceptors (Lipinski definition) is 2. The van der Waals surface area contributed by atoms with E-state index in [1.165, 1.54) is 0 Å². The Morgan fingerprint density at radius 2 is 2.31 bits per heavy atom. The highest BCUT2D eigenvalue weighted by molar-refractivity contribution is 6.30. The Bertz CT molecular complexity index is 178. The van der Waals surface area contributed by atoms with Crippen LogP contribution < -0.4 is 5.32 Å². The summed E-state index contributed by atoms with van der Waals surface area (Å²) in [5.41, 5.74) is 0. The van der Waals surface area contributed by atoms with E-state index in [0.29, 0.717) is 0 Å². The molecule has 1 aliphatic heterocycles. The summed E-state index contributed by atoms with van der Waals surface area (Å²) < 4.78 is 5.44. The number of hydrogen-bond donors (Lipinski definition) is 1. The molecule has 3 nitrogen and oxygen atoms in total. The second-order valence-corrected chi connectivity index (χ2v) is 4.12. The van der Waals surface area contributed by atoms with Gasteiger partial charge in [0.25, 0.3) is 0 Å². The number of carbonyl (C=O) groups is 1. The summed E-state index contributed by atoms with van der Waals surface area (Å²) in [6.07, 6.45) is 2.28. The second-order valence-electron chi connectivity index (χ2n) is 3.46. The molecule has 0 aliphatic carbocycles. The largest absolute Gasteiger partial charge is 0.376 e. The van der Waals surface area contributed by atoms with E-state index >= 15 is 0 Å². The highest BCUT2D eigenvalue weighted by atomic mass is 35.5. The van der Waals surface area contributed by atoms with Crippen molar-refractivity contribution in [2.24, 2.45) is 0 Å². The fourth-order valence-electron chi connectivity index (χ4n) is 1.43. The molecule has 3 unspecified atom stereocenters. The van der Waals surface area contributed by atoms with E-state index in [0.717, 1.165) is 19.4 Å². The summed E-state index contributed by atoms with van der Waals surface area (Å²) in [6, 6.07) is 0.0659. The van der Waals surface area contributed by atoms with E-state index < -0.39 is 5.38 Å². The third kappa shape index (κ3) is 3.16. The summed E-state index contributed by atoms with van der Waals surface area (Å²) >= 11 is 5.63. The van der Waals surface area contributed by atoms with Crippen LogP contribution >= 0.6 is 11.6 Å². The molecule has 0 saturated carbocycles. The lowest BCUT2D eigenvalue weighted by molar-refractivity contribution is -0.121. The molecule has 1 amide bonds. The van der Waals surface area contributed by atoms with Crippen LogP contribution in [-0.2, 0) is 9.53 Å². The quantitative estimate of drug-likeness (QED) is 0.706. The topological polar surface area (TPSA) is 38.3 Å². The average molecular weight is 206 g/mol. The molecule has 0 aromatic rings. The van der Waals surface area contributed by atoms with E-state index in [9.17, 15) is 4.79 Å². The van der Waals surface area contributed by atoms with Crippen molar-refractivity contribution in [3.63, 3.8) is 0 Å². The van der Waals surface area contributed by atoms with Gasteiger partial charge in [0.15, 0.2) is 0 Å². The van der Waals surface area contributed by atoms with Gasteiger partial charge < -0.3 is 10.1 Å². The number of nitrogens with one attached hydrogen (secondary N) is 1. The minimum atomic E-state index is -0.469. The van der Waals surface area contributed by atoms with Crippen LogP contribution in [0.25, 0.3) is 0 Å². The van der Waals surface area contributed by atoms with Crippen LogP contribution in [0.3, 0.4) is 0 Å². The predicted molar refractivity (Wildman–Crippen MR) is 51.9 cm³/mol. The molecule has 1 N–H and O–H groups in total. The van der Waals surface area contributed by atoms with Gasteiger partial charge >= 0.3 is 0 Å². The molecule has 1 rings (SSSR count). The maximum atomic E-state index is 11.2. The third-order valence-corrected chi connectivity index (χ3v) is 2.45. The molecule has 0 bridgehead atoms. The van der Waals surface area contributed by atoms with Crippen LogP contribution in [0.5, 0.6) is 0 Å². The first kappa shape index (κ1) is 10.8. The molecular formula is C9H16ClNO2. The molecule has 76 valence electrons. The van der Waals surface area contributed by atoms with Crippen LogP contribution in [0, 0.1) is 0 Å². The highest BCUT2D eigenvalue weighted by Gasteiger charge is 2.24. The molecule has 13 heavy (non-hydrogen) atoms. The maximum absolute atomic E-state index is 11.2. The standard InChI is InChI=1S/C9H16ClNO2/c1-6(10)9(12)11-7(2)8-4-3-5-13-8/h6-8H,3-5H2,1-2H3,(H,11,12). The number of alkyl halides is 1. The molecular weight excluding hydrogens is 190 g/mol. The van der Waals surface area contributed by atoms with Gasteiger partial charge in [-0.2, -0.15) is 0 Å². The Morgan fingerprint density at radius 3 is 2.77 bits per heavy atom. The van der Waals surface area contributed by atoms with Crippen molar-refractivity contribution in [3.05, 3.63) is 0 Å². The zero-order valence-electron chi connectivity index (χ0n) is 8.05.